The van der Waals surface area contributed by atoms with Crippen LogP contribution < -0.4 is 0 Å². The molecule has 6 nitrogen and oxygen atoms in total. The monoisotopic (exact) mass is 274 g/mol. The SMILES string of the molecule is O=C1OC2(CC3CCC(C2)N3C(=O)O)c2cnccc21. The van der Waals surface area contributed by atoms with Crippen LogP contribution >= 0.6 is 0 Å². The number of nitrogens with zero attached hydrogens (tertiary/aromatic N) is 2. The third-order valence-corrected chi connectivity index (χ3v) is 4.79. The molecule has 1 aromatic rings. The van der Waals surface area contributed by atoms with E-state index in [4.69, 9.17) is 4.74 Å². The fourth-order valence-electron chi connectivity index (χ4n) is 4.05. The Morgan fingerprint density at radius 2 is 2.10 bits per heavy atom. The molecule has 3 aliphatic heterocycles. The maximum Gasteiger partial charge on any atom is 0.407 e. The van der Waals surface area contributed by atoms with Crippen LogP contribution in [0.25, 0.3) is 0 Å². The number of esters is 1. The van der Waals surface area contributed by atoms with Crippen molar-refractivity contribution in [2.75, 3.05) is 0 Å². The second kappa shape index (κ2) is 3.71. The number of hydrogen-bond donors (Lipinski definition) is 1. The normalized spacial score (nSPS) is 34.2. The number of carbonyl (C=O) groups is 2. The van der Waals surface area contributed by atoms with Gasteiger partial charge in [-0.1, -0.05) is 0 Å². The van der Waals surface area contributed by atoms with Crippen molar-refractivity contribution in [1.29, 1.82) is 0 Å². The lowest BCUT2D eigenvalue weighted by Crippen LogP contribution is -2.51. The summed E-state index contributed by atoms with van der Waals surface area (Å²) < 4.78 is 5.67. The van der Waals surface area contributed by atoms with Crippen molar-refractivity contribution in [3.63, 3.8) is 0 Å². The first-order valence-corrected chi connectivity index (χ1v) is 6.80. The molecule has 4 rings (SSSR count). The topological polar surface area (TPSA) is 79.7 Å². The van der Waals surface area contributed by atoms with Crippen LogP contribution in [-0.4, -0.2) is 39.1 Å². The second-order valence-electron chi connectivity index (χ2n) is 5.79. The van der Waals surface area contributed by atoms with E-state index in [2.05, 4.69) is 4.98 Å². The highest BCUT2D eigenvalue weighted by atomic mass is 16.6. The Hall–Kier alpha value is -2.11. The molecule has 0 radical (unpaired) electrons. The van der Waals surface area contributed by atoms with Gasteiger partial charge in [-0.05, 0) is 18.9 Å². The molecule has 2 fully saturated rings. The first-order chi connectivity index (χ1) is 9.61. The molecule has 20 heavy (non-hydrogen) atoms. The van der Waals surface area contributed by atoms with Gasteiger partial charge in [-0.25, -0.2) is 9.59 Å². The molecule has 1 N–H and O–H groups in total. The number of ether oxygens (including phenoxy) is 1. The molecular weight excluding hydrogens is 260 g/mol. The molecule has 2 atom stereocenters. The Labute approximate surface area is 115 Å². The summed E-state index contributed by atoms with van der Waals surface area (Å²) in [6.45, 7) is 0. The van der Waals surface area contributed by atoms with Gasteiger partial charge in [0, 0.05) is 42.9 Å². The molecule has 2 saturated heterocycles. The molecule has 2 bridgehead atoms. The van der Waals surface area contributed by atoms with Crippen molar-refractivity contribution >= 4 is 12.1 Å². The molecule has 1 aromatic heterocycles. The summed E-state index contributed by atoms with van der Waals surface area (Å²) >= 11 is 0. The van der Waals surface area contributed by atoms with Gasteiger partial charge >= 0.3 is 12.1 Å². The van der Waals surface area contributed by atoms with Gasteiger partial charge in [0.2, 0.25) is 0 Å². The van der Waals surface area contributed by atoms with Gasteiger partial charge < -0.3 is 14.7 Å². The summed E-state index contributed by atoms with van der Waals surface area (Å²) in [5.41, 5.74) is 0.730. The largest absolute Gasteiger partial charge is 0.465 e. The number of amides is 1. The van der Waals surface area contributed by atoms with E-state index in [0.717, 1.165) is 18.4 Å². The van der Waals surface area contributed by atoms with Gasteiger partial charge in [-0.15, -0.1) is 0 Å². The molecule has 6 heteroatoms. The van der Waals surface area contributed by atoms with E-state index in [1.165, 1.54) is 4.90 Å². The summed E-state index contributed by atoms with van der Waals surface area (Å²) in [5, 5.41) is 9.30. The van der Waals surface area contributed by atoms with Gasteiger partial charge in [0.1, 0.15) is 5.60 Å². The highest BCUT2D eigenvalue weighted by molar-refractivity contribution is 5.94. The first kappa shape index (κ1) is 11.7. The van der Waals surface area contributed by atoms with Crippen molar-refractivity contribution in [2.45, 2.75) is 43.4 Å². The Balaban J connectivity index is 1.76. The highest BCUT2D eigenvalue weighted by Crippen LogP contribution is 2.51. The lowest BCUT2D eigenvalue weighted by Gasteiger charge is -2.42. The zero-order valence-electron chi connectivity index (χ0n) is 10.8. The minimum atomic E-state index is -0.872. The van der Waals surface area contributed by atoms with E-state index in [0.29, 0.717) is 18.4 Å². The molecule has 0 aromatic carbocycles. The van der Waals surface area contributed by atoms with Gasteiger partial charge in [0.15, 0.2) is 0 Å². The van der Waals surface area contributed by atoms with Crippen LogP contribution in [0.15, 0.2) is 18.5 Å². The van der Waals surface area contributed by atoms with Crippen molar-refractivity contribution in [2.24, 2.45) is 0 Å². The van der Waals surface area contributed by atoms with Crippen molar-refractivity contribution in [3.8, 4) is 0 Å². The lowest BCUT2D eigenvalue weighted by molar-refractivity contribution is -0.0590. The summed E-state index contributed by atoms with van der Waals surface area (Å²) in [6, 6.07) is 1.55. The number of pyridine rings is 1. The molecule has 2 unspecified atom stereocenters. The number of rotatable bonds is 0. The number of fused-ring (bicyclic) bond motifs is 4. The van der Waals surface area contributed by atoms with Crippen LogP contribution in [0.5, 0.6) is 0 Å². The summed E-state index contributed by atoms with van der Waals surface area (Å²) in [4.78, 5) is 29.0. The minimum Gasteiger partial charge on any atom is -0.465 e. The lowest BCUT2D eigenvalue weighted by atomic mass is 9.81. The van der Waals surface area contributed by atoms with E-state index in [-0.39, 0.29) is 18.1 Å². The first-order valence-electron chi connectivity index (χ1n) is 6.80. The minimum absolute atomic E-state index is 0.0646. The molecule has 0 aliphatic carbocycles. The predicted molar refractivity (Wildman–Crippen MR) is 67.2 cm³/mol. The summed E-state index contributed by atoms with van der Waals surface area (Å²) in [7, 11) is 0. The van der Waals surface area contributed by atoms with Crippen LogP contribution in [-0.2, 0) is 10.3 Å². The van der Waals surface area contributed by atoms with Crippen LogP contribution in [0, 0.1) is 0 Å². The molecule has 3 aliphatic rings. The molecule has 104 valence electrons. The number of carbonyl (C=O) groups excluding carboxylic acids is 1. The molecule has 1 spiro atoms. The zero-order valence-corrected chi connectivity index (χ0v) is 10.8. The Kier molecular flexibility index (Phi) is 2.17. The highest BCUT2D eigenvalue weighted by Gasteiger charge is 2.56. The Bertz CT molecular complexity index is 601. The maximum absolute atomic E-state index is 12.0. The van der Waals surface area contributed by atoms with Crippen molar-refractivity contribution in [3.05, 3.63) is 29.6 Å². The van der Waals surface area contributed by atoms with Crippen LogP contribution in [0.3, 0.4) is 0 Å². The Morgan fingerprint density at radius 1 is 1.40 bits per heavy atom. The van der Waals surface area contributed by atoms with Gasteiger partial charge in [0.25, 0.3) is 0 Å². The van der Waals surface area contributed by atoms with Crippen molar-refractivity contribution < 1.29 is 19.4 Å². The molecule has 0 saturated carbocycles. The van der Waals surface area contributed by atoms with Gasteiger partial charge in [-0.2, -0.15) is 0 Å². The number of hydrogen-bond acceptors (Lipinski definition) is 4. The quantitative estimate of drug-likeness (QED) is 0.729. The fraction of sp³-hybridized carbons (Fsp3) is 0.500. The van der Waals surface area contributed by atoms with E-state index in [1.54, 1.807) is 18.5 Å². The van der Waals surface area contributed by atoms with Gasteiger partial charge in [0.05, 0.1) is 5.56 Å². The van der Waals surface area contributed by atoms with Crippen molar-refractivity contribution in [1.82, 2.24) is 9.88 Å². The second-order valence-corrected chi connectivity index (χ2v) is 5.79. The summed E-state index contributed by atoms with van der Waals surface area (Å²) in [6.07, 6.45) is 5.16. The zero-order chi connectivity index (χ0) is 13.9. The van der Waals surface area contributed by atoms with E-state index in [9.17, 15) is 14.7 Å². The number of carboxylic acid groups (broad SMARTS) is 1. The maximum atomic E-state index is 12.0. The van der Waals surface area contributed by atoms with Gasteiger partial charge in [-0.3, -0.25) is 4.98 Å². The predicted octanol–water partition coefficient (Wildman–Crippen LogP) is 1.75. The third kappa shape index (κ3) is 1.36. The molecule has 4 heterocycles. The third-order valence-electron chi connectivity index (χ3n) is 4.79. The smallest absolute Gasteiger partial charge is 0.407 e. The summed E-state index contributed by atoms with van der Waals surface area (Å²) in [5.74, 6) is -0.314. The fourth-order valence-corrected chi connectivity index (χ4v) is 4.05. The average Bonchev–Trinajstić information content (AvgIpc) is 2.85. The standard InChI is InChI=1S/C14H14N2O4/c17-12-10-3-4-15-7-11(10)14(20-12)5-8-1-2-9(6-14)16(8)13(18)19/h3-4,7-9H,1-2,5-6H2,(H,18,19). The van der Waals surface area contributed by atoms with Crippen LogP contribution in [0.4, 0.5) is 4.79 Å². The Morgan fingerprint density at radius 3 is 2.75 bits per heavy atom. The van der Waals surface area contributed by atoms with Crippen LogP contribution in [0.2, 0.25) is 0 Å². The van der Waals surface area contributed by atoms with E-state index in [1.807, 2.05) is 0 Å². The number of aromatic nitrogens is 1. The van der Waals surface area contributed by atoms with E-state index < -0.39 is 11.7 Å². The molecular formula is C14H14N2O4. The average molecular weight is 274 g/mol. The number of piperidine rings is 1. The molecule has 1 amide bonds. The van der Waals surface area contributed by atoms with E-state index >= 15 is 0 Å². The van der Waals surface area contributed by atoms with Crippen LogP contribution in [0.1, 0.15) is 41.6 Å².